The molecule has 2 aliphatic heterocycles. The molecule has 1 radical (unpaired) electrons. The average molecular weight is 483 g/mol. The van der Waals surface area contributed by atoms with Crippen molar-refractivity contribution in [3.8, 4) is 5.88 Å². The van der Waals surface area contributed by atoms with Gasteiger partial charge in [-0.1, -0.05) is 24.6 Å². The minimum atomic E-state index is 0. The minimum Gasteiger partial charge on any atom is -0.619 e. The second kappa shape index (κ2) is 10.7. The van der Waals surface area contributed by atoms with Crippen LogP contribution in [0.5, 0.6) is 5.88 Å². The van der Waals surface area contributed by atoms with Crippen molar-refractivity contribution in [1.29, 1.82) is 5.41 Å². The molecular formula is C22H28N5O2Y-. The first-order chi connectivity index (χ1) is 14.1. The summed E-state index contributed by atoms with van der Waals surface area (Å²) >= 11 is 0. The van der Waals surface area contributed by atoms with Crippen LogP contribution in [-0.2, 0) is 37.4 Å². The number of aryl methyl sites for hydroxylation is 1. The number of nitrogens with one attached hydrogen (secondary N) is 2. The Morgan fingerprint density at radius 3 is 2.80 bits per heavy atom. The largest absolute Gasteiger partial charge is 0.619 e. The second-order valence-corrected chi connectivity index (χ2v) is 7.68. The predicted molar refractivity (Wildman–Crippen MR) is 115 cm³/mol. The third kappa shape index (κ3) is 5.38. The number of piperidine rings is 1. The molecule has 2 unspecified atom stereocenters. The molecule has 1 aromatic carbocycles. The van der Waals surface area contributed by atoms with Crippen molar-refractivity contribution in [3.63, 3.8) is 0 Å². The number of H-pyrrole nitrogens is 1. The number of fused-ring (bicyclic) bond motifs is 2. The number of hydrogen-bond acceptors (Lipinski definition) is 4. The van der Waals surface area contributed by atoms with Gasteiger partial charge in [-0.2, -0.15) is 0 Å². The Bertz CT molecular complexity index is 883. The SMILES string of the molecule is COCCOc1ccc(C=NC(=N)c2cc([N-]N3C4CCCC3C4)ccc2C)[nH]1.[Y]. The van der Waals surface area contributed by atoms with Crippen LogP contribution in [0.25, 0.3) is 5.43 Å². The van der Waals surface area contributed by atoms with Crippen molar-refractivity contribution in [3.05, 3.63) is 52.6 Å². The maximum atomic E-state index is 8.41. The van der Waals surface area contributed by atoms with E-state index in [9.17, 15) is 0 Å². The van der Waals surface area contributed by atoms with Crippen LogP contribution in [0.1, 0.15) is 42.5 Å². The van der Waals surface area contributed by atoms with Gasteiger partial charge in [-0.05, 0) is 49.9 Å². The zero-order chi connectivity index (χ0) is 20.2. The van der Waals surface area contributed by atoms with Crippen molar-refractivity contribution in [2.75, 3.05) is 20.3 Å². The number of amidine groups is 1. The van der Waals surface area contributed by atoms with E-state index in [-0.39, 0.29) is 38.5 Å². The van der Waals surface area contributed by atoms with Gasteiger partial charge in [-0.25, -0.2) is 4.99 Å². The Morgan fingerprint density at radius 2 is 2.07 bits per heavy atom. The Balaban J connectivity index is 0.00000256. The summed E-state index contributed by atoms with van der Waals surface area (Å²) in [4.78, 5) is 7.46. The van der Waals surface area contributed by atoms with Crippen LogP contribution in [0.4, 0.5) is 5.69 Å². The van der Waals surface area contributed by atoms with Crippen LogP contribution in [0, 0.1) is 12.3 Å². The van der Waals surface area contributed by atoms with Crippen LogP contribution < -0.4 is 4.74 Å². The van der Waals surface area contributed by atoms with Gasteiger partial charge in [0.25, 0.3) is 0 Å². The van der Waals surface area contributed by atoms with E-state index in [4.69, 9.17) is 20.3 Å². The summed E-state index contributed by atoms with van der Waals surface area (Å²) in [6.45, 7) is 3.02. The van der Waals surface area contributed by atoms with E-state index in [1.54, 1.807) is 13.3 Å². The fraction of sp³-hybridized carbons (Fsp3) is 0.455. The molecule has 1 aromatic heterocycles. The van der Waals surface area contributed by atoms with E-state index >= 15 is 0 Å². The molecule has 7 nitrogen and oxygen atoms in total. The summed E-state index contributed by atoms with van der Waals surface area (Å²) in [5.41, 5.74) is 8.35. The molecule has 8 heteroatoms. The number of ether oxygens (including phenoxy) is 2. The number of rotatable bonds is 8. The van der Waals surface area contributed by atoms with E-state index in [2.05, 4.69) is 15.0 Å². The molecule has 0 spiro atoms. The molecule has 2 aliphatic rings. The molecule has 3 heterocycles. The molecule has 2 fully saturated rings. The van der Waals surface area contributed by atoms with Gasteiger partial charge >= 0.3 is 0 Å². The molecule has 2 saturated heterocycles. The van der Waals surface area contributed by atoms with Gasteiger partial charge in [-0.15, -0.1) is 5.69 Å². The fourth-order valence-corrected chi connectivity index (χ4v) is 3.99. The molecule has 2 aromatic rings. The summed E-state index contributed by atoms with van der Waals surface area (Å²) in [5, 5.41) is 10.7. The van der Waals surface area contributed by atoms with E-state index in [0.717, 1.165) is 22.5 Å². The van der Waals surface area contributed by atoms with E-state index in [1.165, 1.54) is 25.7 Å². The Labute approximate surface area is 203 Å². The number of benzene rings is 1. The smallest absolute Gasteiger partial charge is 0.191 e. The molecule has 2 N–H and O–H groups in total. The molecular weight excluding hydrogens is 455 g/mol. The van der Waals surface area contributed by atoms with Gasteiger partial charge in [0.2, 0.25) is 0 Å². The van der Waals surface area contributed by atoms with Crippen LogP contribution >= 0.6 is 0 Å². The Kier molecular flexibility index (Phi) is 8.23. The molecule has 0 amide bonds. The van der Waals surface area contributed by atoms with Crippen molar-refractivity contribution in [2.24, 2.45) is 4.99 Å². The number of aromatic nitrogens is 1. The first-order valence-electron chi connectivity index (χ1n) is 10.2. The quantitative estimate of drug-likeness (QED) is 0.333. The second-order valence-electron chi connectivity index (χ2n) is 7.68. The normalized spacial score (nSPS) is 20.5. The zero-order valence-corrected chi connectivity index (χ0v) is 20.4. The Morgan fingerprint density at radius 1 is 1.27 bits per heavy atom. The monoisotopic (exact) mass is 483 g/mol. The summed E-state index contributed by atoms with van der Waals surface area (Å²) in [5.74, 6) is 0.881. The number of nitrogens with zero attached hydrogens (tertiary/aromatic N) is 3. The molecule has 157 valence electrons. The molecule has 2 bridgehead atoms. The summed E-state index contributed by atoms with van der Waals surface area (Å²) in [6, 6.07) is 10.9. The van der Waals surface area contributed by atoms with E-state index < -0.39 is 0 Å². The van der Waals surface area contributed by atoms with Gasteiger partial charge < -0.3 is 24.9 Å². The topological polar surface area (TPSA) is 87.8 Å². The predicted octanol–water partition coefficient (Wildman–Crippen LogP) is 4.34. The summed E-state index contributed by atoms with van der Waals surface area (Å²) < 4.78 is 10.5. The molecule has 0 saturated carbocycles. The van der Waals surface area contributed by atoms with Crippen molar-refractivity contribution < 1.29 is 42.2 Å². The van der Waals surface area contributed by atoms with Gasteiger partial charge in [0.1, 0.15) is 6.61 Å². The number of aromatic amines is 1. The van der Waals surface area contributed by atoms with Crippen LogP contribution in [-0.4, -0.2) is 54.5 Å². The average Bonchev–Trinajstić information content (AvgIpc) is 3.19. The number of hydrogen-bond donors (Lipinski definition) is 2. The summed E-state index contributed by atoms with van der Waals surface area (Å²) in [7, 11) is 1.64. The maximum absolute atomic E-state index is 8.41. The van der Waals surface area contributed by atoms with Gasteiger partial charge in [0.05, 0.1) is 18.5 Å². The van der Waals surface area contributed by atoms with Crippen LogP contribution in [0.15, 0.2) is 35.3 Å². The third-order valence-corrected chi connectivity index (χ3v) is 5.63. The van der Waals surface area contributed by atoms with Crippen molar-refractivity contribution in [2.45, 2.75) is 44.7 Å². The van der Waals surface area contributed by atoms with Crippen molar-refractivity contribution in [1.82, 2.24) is 9.99 Å². The minimum absolute atomic E-state index is 0. The first-order valence-corrected chi connectivity index (χ1v) is 10.2. The first kappa shape index (κ1) is 23.1. The summed E-state index contributed by atoms with van der Waals surface area (Å²) in [6.07, 6.45) is 6.72. The fourth-order valence-electron chi connectivity index (χ4n) is 3.99. The molecule has 0 aliphatic carbocycles. The molecule has 2 atom stereocenters. The molecule has 30 heavy (non-hydrogen) atoms. The van der Waals surface area contributed by atoms with Crippen LogP contribution in [0.2, 0.25) is 0 Å². The van der Waals surface area contributed by atoms with E-state index in [0.29, 0.717) is 31.2 Å². The van der Waals surface area contributed by atoms with Crippen LogP contribution in [0.3, 0.4) is 0 Å². The number of aliphatic imine (C=N–C) groups is 1. The zero-order valence-electron chi connectivity index (χ0n) is 17.6. The van der Waals surface area contributed by atoms with Gasteiger partial charge in [0.15, 0.2) is 11.7 Å². The third-order valence-electron chi connectivity index (χ3n) is 5.63. The van der Waals surface area contributed by atoms with Crippen molar-refractivity contribution >= 4 is 17.7 Å². The standard InChI is InChI=1S/C22H28N5O2.Y/c1-15-6-7-16(26-27-18-4-3-5-19(27)13-18)12-20(15)22(23)24-14-17-8-9-21(25-17)29-11-10-28-2;/h6-9,12,14,18-19,23,25H,3-5,10-11,13H2,1-2H3;/q-1;. The number of methoxy groups -OCH3 is 1. The van der Waals surface area contributed by atoms with Gasteiger partial charge in [-0.3, -0.25) is 5.41 Å². The van der Waals surface area contributed by atoms with Gasteiger partial charge in [0, 0.05) is 51.4 Å². The molecule has 4 rings (SSSR count). The Hall–Kier alpha value is -1.54. The maximum Gasteiger partial charge on any atom is 0.191 e. The van der Waals surface area contributed by atoms with E-state index in [1.807, 2.05) is 37.3 Å².